The molecule has 8 nitrogen and oxygen atoms in total. The van der Waals surface area contributed by atoms with Gasteiger partial charge in [0.1, 0.15) is 6.33 Å². The summed E-state index contributed by atoms with van der Waals surface area (Å²) >= 11 is 5.98. The normalized spacial score (nSPS) is 20.1. The van der Waals surface area contributed by atoms with Gasteiger partial charge in [0, 0.05) is 30.6 Å². The molecular formula is C13H16Cl2N6O2. The molecule has 1 amide bonds. The Morgan fingerprint density at radius 2 is 2.30 bits per heavy atom. The fourth-order valence-electron chi connectivity index (χ4n) is 2.41. The maximum absolute atomic E-state index is 12.4. The van der Waals surface area contributed by atoms with E-state index in [-0.39, 0.29) is 24.2 Å². The summed E-state index contributed by atoms with van der Waals surface area (Å²) in [4.78, 5) is 12.4. The molecule has 1 aromatic heterocycles. The van der Waals surface area contributed by atoms with E-state index in [1.165, 1.54) is 11.0 Å². The van der Waals surface area contributed by atoms with Gasteiger partial charge in [0.05, 0.1) is 17.4 Å². The van der Waals surface area contributed by atoms with Gasteiger partial charge in [-0.1, -0.05) is 11.6 Å². The van der Waals surface area contributed by atoms with Crippen LogP contribution >= 0.6 is 24.0 Å². The van der Waals surface area contributed by atoms with Gasteiger partial charge in [-0.15, -0.1) is 17.5 Å². The summed E-state index contributed by atoms with van der Waals surface area (Å²) in [6.45, 7) is 1.61. The number of aliphatic hydroxyl groups is 1. The van der Waals surface area contributed by atoms with Crippen LogP contribution in [0.15, 0.2) is 24.5 Å². The third-order valence-corrected chi connectivity index (χ3v) is 3.86. The van der Waals surface area contributed by atoms with Crippen LogP contribution in [-0.2, 0) is 0 Å². The van der Waals surface area contributed by atoms with Crippen molar-refractivity contribution in [3.8, 4) is 5.69 Å². The van der Waals surface area contributed by atoms with Crippen LogP contribution in [0.25, 0.3) is 5.69 Å². The van der Waals surface area contributed by atoms with Crippen LogP contribution in [0.4, 0.5) is 0 Å². The highest BCUT2D eigenvalue weighted by Crippen LogP contribution is 2.19. The average molecular weight is 359 g/mol. The number of amides is 1. The van der Waals surface area contributed by atoms with Crippen LogP contribution < -0.4 is 10.6 Å². The lowest BCUT2D eigenvalue weighted by Crippen LogP contribution is -2.34. The quantitative estimate of drug-likeness (QED) is 0.713. The Bertz CT molecular complexity index is 666. The topological polar surface area (TPSA) is 105 Å². The maximum Gasteiger partial charge on any atom is 0.253 e. The molecule has 0 saturated carbocycles. The van der Waals surface area contributed by atoms with E-state index in [0.717, 1.165) is 0 Å². The summed E-state index contributed by atoms with van der Waals surface area (Å²) in [5.41, 5.74) is 0.914. The SMILES string of the molecule is Cl.O=C(NCC1CNCC1O)c1cc(Cl)ccc1-n1cnnn1. The Labute approximate surface area is 143 Å². The van der Waals surface area contributed by atoms with Gasteiger partial charge in [0.15, 0.2) is 0 Å². The predicted molar refractivity (Wildman–Crippen MR) is 86.1 cm³/mol. The van der Waals surface area contributed by atoms with Gasteiger partial charge in [0.25, 0.3) is 5.91 Å². The first kappa shape index (κ1) is 17.6. The Hall–Kier alpha value is -1.74. The number of carbonyl (C=O) groups is 1. The summed E-state index contributed by atoms with van der Waals surface area (Å²) in [5, 5.41) is 27.0. The van der Waals surface area contributed by atoms with Crippen molar-refractivity contribution in [1.29, 1.82) is 0 Å². The Kier molecular flexibility index (Phi) is 5.89. The number of nitrogens with zero attached hydrogens (tertiary/aromatic N) is 4. The third-order valence-electron chi connectivity index (χ3n) is 3.63. The van der Waals surface area contributed by atoms with Gasteiger partial charge in [-0.2, -0.15) is 4.68 Å². The number of hydrogen-bond donors (Lipinski definition) is 3. The Morgan fingerprint density at radius 3 is 2.96 bits per heavy atom. The standard InChI is InChI=1S/C13H15ClN6O2.ClH/c14-9-1-2-11(20-7-17-18-19-20)10(3-9)13(22)16-5-8-4-15-6-12(8)21;/h1-3,7-8,12,15,21H,4-6H2,(H,16,22);1H. The van der Waals surface area contributed by atoms with Gasteiger partial charge in [-0.3, -0.25) is 4.79 Å². The molecule has 3 rings (SSSR count). The molecule has 1 aromatic carbocycles. The molecule has 0 spiro atoms. The molecule has 2 aromatic rings. The molecule has 124 valence electrons. The lowest BCUT2D eigenvalue weighted by Gasteiger charge is -2.15. The van der Waals surface area contributed by atoms with Crippen molar-refractivity contribution in [3.05, 3.63) is 35.1 Å². The number of aromatic nitrogens is 4. The largest absolute Gasteiger partial charge is 0.391 e. The van der Waals surface area contributed by atoms with Crippen LogP contribution in [0.2, 0.25) is 5.02 Å². The van der Waals surface area contributed by atoms with Crippen molar-refractivity contribution in [2.45, 2.75) is 6.10 Å². The van der Waals surface area contributed by atoms with Crippen LogP contribution in [0.3, 0.4) is 0 Å². The lowest BCUT2D eigenvalue weighted by atomic mass is 10.1. The highest BCUT2D eigenvalue weighted by atomic mass is 35.5. The van der Waals surface area contributed by atoms with E-state index in [1.54, 1.807) is 18.2 Å². The van der Waals surface area contributed by atoms with Crippen LogP contribution in [0.1, 0.15) is 10.4 Å². The van der Waals surface area contributed by atoms with Crippen molar-refractivity contribution in [1.82, 2.24) is 30.8 Å². The van der Waals surface area contributed by atoms with Crippen molar-refractivity contribution in [3.63, 3.8) is 0 Å². The second-order valence-electron chi connectivity index (χ2n) is 5.11. The van der Waals surface area contributed by atoms with E-state index >= 15 is 0 Å². The summed E-state index contributed by atoms with van der Waals surface area (Å²) in [5.74, 6) is -0.285. The van der Waals surface area contributed by atoms with E-state index in [0.29, 0.717) is 35.9 Å². The lowest BCUT2D eigenvalue weighted by molar-refractivity contribution is 0.0927. The van der Waals surface area contributed by atoms with Crippen molar-refractivity contribution in [2.24, 2.45) is 5.92 Å². The highest BCUT2D eigenvalue weighted by Gasteiger charge is 2.25. The summed E-state index contributed by atoms with van der Waals surface area (Å²) in [6.07, 6.45) is 0.962. The van der Waals surface area contributed by atoms with Gasteiger partial charge in [-0.25, -0.2) is 0 Å². The highest BCUT2D eigenvalue weighted by molar-refractivity contribution is 6.31. The zero-order chi connectivity index (χ0) is 15.5. The number of nitrogens with one attached hydrogen (secondary N) is 2. The van der Waals surface area contributed by atoms with E-state index in [1.807, 2.05) is 0 Å². The number of benzene rings is 1. The molecule has 1 fully saturated rings. The molecule has 10 heteroatoms. The zero-order valence-electron chi connectivity index (χ0n) is 12.0. The molecule has 2 unspecified atom stereocenters. The fourth-order valence-corrected chi connectivity index (χ4v) is 2.58. The molecule has 0 aliphatic carbocycles. The molecule has 3 N–H and O–H groups in total. The summed E-state index contributed by atoms with van der Waals surface area (Å²) in [6, 6.07) is 4.91. The fraction of sp³-hybridized carbons (Fsp3) is 0.385. The molecular weight excluding hydrogens is 343 g/mol. The molecule has 1 saturated heterocycles. The molecule has 1 aliphatic heterocycles. The maximum atomic E-state index is 12.4. The van der Waals surface area contributed by atoms with Crippen LogP contribution in [0.5, 0.6) is 0 Å². The number of rotatable bonds is 4. The second kappa shape index (κ2) is 7.69. The first-order valence-corrected chi connectivity index (χ1v) is 7.23. The van der Waals surface area contributed by atoms with E-state index in [9.17, 15) is 9.90 Å². The minimum Gasteiger partial charge on any atom is -0.391 e. The number of halogens is 2. The molecule has 0 bridgehead atoms. The summed E-state index contributed by atoms with van der Waals surface area (Å²) < 4.78 is 1.40. The number of tetrazole rings is 1. The summed E-state index contributed by atoms with van der Waals surface area (Å²) in [7, 11) is 0. The number of aliphatic hydroxyl groups excluding tert-OH is 1. The minimum absolute atomic E-state index is 0. The first-order chi connectivity index (χ1) is 10.6. The van der Waals surface area contributed by atoms with Crippen molar-refractivity contribution < 1.29 is 9.90 Å². The van der Waals surface area contributed by atoms with Crippen molar-refractivity contribution >= 4 is 29.9 Å². The number of hydrogen-bond acceptors (Lipinski definition) is 6. The van der Waals surface area contributed by atoms with Gasteiger partial charge in [0.2, 0.25) is 0 Å². The van der Waals surface area contributed by atoms with E-state index < -0.39 is 6.10 Å². The average Bonchev–Trinajstić information content (AvgIpc) is 3.16. The van der Waals surface area contributed by atoms with Crippen LogP contribution in [-0.4, -0.2) is 57.0 Å². The predicted octanol–water partition coefficient (Wildman–Crippen LogP) is 0.0476. The number of β-amino-alcohol motifs (C(OH)–C–C–N with tert-alkyl or cyclic N) is 1. The smallest absolute Gasteiger partial charge is 0.253 e. The number of carbonyl (C=O) groups excluding carboxylic acids is 1. The van der Waals surface area contributed by atoms with Gasteiger partial charge < -0.3 is 15.7 Å². The molecule has 2 atom stereocenters. The van der Waals surface area contributed by atoms with E-state index in [2.05, 4.69) is 26.2 Å². The zero-order valence-corrected chi connectivity index (χ0v) is 13.6. The minimum atomic E-state index is -0.446. The third kappa shape index (κ3) is 3.97. The second-order valence-corrected chi connectivity index (χ2v) is 5.55. The molecule has 23 heavy (non-hydrogen) atoms. The Balaban J connectivity index is 0.00000192. The van der Waals surface area contributed by atoms with Gasteiger partial charge in [-0.05, 0) is 28.6 Å². The molecule has 1 aliphatic rings. The Morgan fingerprint density at radius 1 is 1.48 bits per heavy atom. The van der Waals surface area contributed by atoms with Crippen LogP contribution in [0, 0.1) is 5.92 Å². The molecule has 2 heterocycles. The first-order valence-electron chi connectivity index (χ1n) is 6.85. The monoisotopic (exact) mass is 358 g/mol. The van der Waals surface area contributed by atoms with Gasteiger partial charge >= 0.3 is 0 Å². The van der Waals surface area contributed by atoms with E-state index in [4.69, 9.17) is 11.6 Å². The molecule has 0 radical (unpaired) electrons. The van der Waals surface area contributed by atoms with Crippen molar-refractivity contribution in [2.75, 3.05) is 19.6 Å².